The van der Waals surface area contributed by atoms with Crippen LogP contribution in [0, 0.1) is 0 Å². The molecule has 2 rings (SSSR count). The Morgan fingerprint density at radius 3 is 2.67 bits per heavy atom. The van der Waals surface area contributed by atoms with E-state index < -0.39 is 31.8 Å². The summed E-state index contributed by atoms with van der Waals surface area (Å²) in [6, 6.07) is 5.06. The SMILES string of the molecule is CCC(C)NS(=O)(=O)c1cccc(C(=O)NC2CCS(=O)(=O)C2)c1. The van der Waals surface area contributed by atoms with Crippen molar-refractivity contribution in [2.45, 2.75) is 43.7 Å². The summed E-state index contributed by atoms with van der Waals surface area (Å²) < 4.78 is 50.0. The molecule has 1 aromatic carbocycles. The third kappa shape index (κ3) is 4.78. The molecule has 2 N–H and O–H groups in total. The molecule has 1 aliphatic heterocycles. The molecule has 1 fully saturated rings. The van der Waals surface area contributed by atoms with Gasteiger partial charge >= 0.3 is 0 Å². The van der Waals surface area contributed by atoms with Gasteiger partial charge in [0.25, 0.3) is 5.91 Å². The van der Waals surface area contributed by atoms with Gasteiger partial charge in [0.1, 0.15) is 0 Å². The average Bonchev–Trinajstić information content (AvgIpc) is 2.85. The molecule has 0 saturated carbocycles. The Hall–Kier alpha value is -1.45. The minimum atomic E-state index is -3.70. The van der Waals surface area contributed by atoms with Gasteiger partial charge in [-0.3, -0.25) is 4.79 Å². The number of carbonyl (C=O) groups excluding carboxylic acids is 1. The molecular formula is C15H22N2O5S2. The second-order valence-corrected chi connectivity index (χ2v) is 9.97. The molecule has 1 amide bonds. The summed E-state index contributed by atoms with van der Waals surface area (Å²) in [6.07, 6.45) is 1.02. The monoisotopic (exact) mass is 374 g/mol. The number of hydrogen-bond acceptors (Lipinski definition) is 5. The van der Waals surface area contributed by atoms with E-state index in [1.165, 1.54) is 24.3 Å². The smallest absolute Gasteiger partial charge is 0.251 e. The highest BCUT2D eigenvalue weighted by Crippen LogP contribution is 2.15. The molecule has 2 unspecified atom stereocenters. The third-order valence-electron chi connectivity index (χ3n) is 3.94. The van der Waals surface area contributed by atoms with Crippen LogP contribution in [0.4, 0.5) is 0 Å². The summed E-state index contributed by atoms with van der Waals surface area (Å²) in [5, 5.41) is 2.65. The van der Waals surface area contributed by atoms with E-state index in [1.54, 1.807) is 6.92 Å². The molecule has 1 aromatic rings. The summed E-state index contributed by atoms with van der Waals surface area (Å²) >= 11 is 0. The van der Waals surface area contributed by atoms with E-state index in [4.69, 9.17) is 0 Å². The van der Waals surface area contributed by atoms with Crippen LogP contribution < -0.4 is 10.0 Å². The molecule has 134 valence electrons. The second-order valence-electron chi connectivity index (χ2n) is 6.03. The van der Waals surface area contributed by atoms with E-state index in [1.807, 2.05) is 6.92 Å². The van der Waals surface area contributed by atoms with E-state index in [0.717, 1.165) is 0 Å². The number of amides is 1. The Bertz CT molecular complexity index is 818. The first-order chi connectivity index (χ1) is 11.1. The summed E-state index contributed by atoms with van der Waals surface area (Å²) in [4.78, 5) is 12.3. The molecule has 24 heavy (non-hydrogen) atoms. The Labute approximate surface area is 142 Å². The van der Waals surface area contributed by atoms with Crippen LogP contribution in [0.25, 0.3) is 0 Å². The lowest BCUT2D eigenvalue weighted by Gasteiger charge is -2.14. The predicted molar refractivity (Wildman–Crippen MR) is 91.0 cm³/mol. The van der Waals surface area contributed by atoms with Crippen LogP contribution >= 0.6 is 0 Å². The summed E-state index contributed by atoms with van der Waals surface area (Å²) in [7, 11) is -6.79. The number of carbonyl (C=O) groups is 1. The Morgan fingerprint density at radius 1 is 1.38 bits per heavy atom. The second kappa shape index (κ2) is 7.20. The zero-order chi connectivity index (χ0) is 18.0. The van der Waals surface area contributed by atoms with Crippen LogP contribution in [-0.2, 0) is 19.9 Å². The van der Waals surface area contributed by atoms with Gasteiger partial charge in [-0.15, -0.1) is 0 Å². The largest absolute Gasteiger partial charge is 0.348 e. The van der Waals surface area contributed by atoms with Crippen LogP contribution in [0.5, 0.6) is 0 Å². The molecule has 0 radical (unpaired) electrons. The zero-order valence-corrected chi connectivity index (χ0v) is 15.3. The molecule has 9 heteroatoms. The molecule has 7 nitrogen and oxygen atoms in total. The molecule has 1 heterocycles. The third-order valence-corrected chi connectivity index (χ3v) is 7.30. The minimum Gasteiger partial charge on any atom is -0.348 e. The van der Waals surface area contributed by atoms with Gasteiger partial charge in [0, 0.05) is 17.6 Å². The highest BCUT2D eigenvalue weighted by atomic mass is 32.2. The van der Waals surface area contributed by atoms with Gasteiger partial charge in [0.05, 0.1) is 16.4 Å². The zero-order valence-electron chi connectivity index (χ0n) is 13.7. The number of sulfone groups is 1. The van der Waals surface area contributed by atoms with E-state index in [2.05, 4.69) is 10.0 Å². The molecule has 0 spiro atoms. The van der Waals surface area contributed by atoms with Crippen molar-refractivity contribution in [3.63, 3.8) is 0 Å². The molecule has 2 atom stereocenters. The van der Waals surface area contributed by atoms with Gasteiger partial charge in [-0.25, -0.2) is 21.6 Å². The van der Waals surface area contributed by atoms with Crippen LogP contribution in [0.3, 0.4) is 0 Å². The van der Waals surface area contributed by atoms with E-state index >= 15 is 0 Å². The maximum atomic E-state index is 12.3. The number of sulfonamides is 1. The quantitative estimate of drug-likeness (QED) is 0.761. The fourth-order valence-corrected chi connectivity index (χ4v) is 5.44. The first-order valence-corrected chi connectivity index (χ1v) is 11.1. The predicted octanol–water partition coefficient (Wildman–Crippen LogP) is 0.680. The van der Waals surface area contributed by atoms with Crippen molar-refractivity contribution in [1.29, 1.82) is 0 Å². The normalized spacial score (nSPS) is 21.3. The standard InChI is InChI=1S/C15H22N2O5S2/c1-3-11(2)17-24(21,22)14-6-4-5-12(9-14)15(18)16-13-7-8-23(19,20)10-13/h4-6,9,11,13,17H,3,7-8,10H2,1-2H3,(H,16,18). The molecule has 1 saturated heterocycles. The molecule has 0 aliphatic carbocycles. The maximum Gasteiger partial charge on any atom is 0.251 e. The van der Waals surface area contributed by atoms with Crippen LogP contribution in [0.2, 0.25) is 0 Å². The summed E-state index contributed by atoms with van der Waals surface area (Å²) in [6.45, 7) is 3.63. The van der Waals surface area contributed by atoms with Crippen molar-refractivity contribution in [2.24, 2.45) is 0 Å². The highest BCUT2D eigenvalue weighted by Gasteiger charge is 2.29. The summed E-state index contributed by atoms with van der Waals surface area (Å²) in [5.74, 6) is -0.491. The van der Waals surface area contributed by atoms with Crippen molar-refractivity contribution in [2.75, 3.05) is 11.5 Å². The van der Waals surface area contributed by atoms with Crippen molar-refractivity contribution >= 4 is 25.8 Å². The lowest BCUT2D eigenvalue weighted by molar-refractivity contribution is 0.0941. The lowest BCUT2D eigenvalue weighted by atomic mass is 10.2. The molecule has 1 aliphatic rings. The van der Waals surface area contributed by atoms with Gasteiger partial charge in [-0.1, -0.05) is 13.0 Å². The van der Waals surface area contributed by atoms with Crippen LogP contribution in [-0.4, -0.2) is 46.3 Å². The Balaban J connectivity index is 2.14. The minimum absolute atomic E-state index is 0.00879. The van der Waals surface area contributed by atoms with Crippen molar-refractivity contribution in [1.82, 2.24) is 10.0 Å². The van der Waals surface area contributed by atoms with Gasteiger partial charge < -0.3 is 5.32 Å². The Morgan fingerprint density at radius 2 is 2.08 bits per heavy atom. The maximum absolute atomic E-state index is 12.3. The van der Waals surface area contributed by atoms with Gasteiger partial charge in [0.15, 0.2) is 9.84 Å². The summed E-state index contributed by atoms with van der Waals surface area (Å²) in [5.41, 5.74) is 0.186. The van der Waals surface area contributed by atoms with Crippen LogP contribution in [0.1, 0.15) is 37.0 Å². The van der Waals surface area contributed by atoms with Crippen LogP contribution in [0.15, 0.2) is 29.2 Å². The van der Waals surface area contributed by atoms with E-state index in [9.17, 15) is 21.6 Å². The fraction of sp³-hybridized carbons (Fsp3) is 0.533. The molecule has 0 aromatic heterocycles. The van der Waals surface area contributed by atoms with Crippen molar-refractivity contribution < 1.29 is 21.6 Å². The first kappa shape index (κ1) is 18.9. The van der Waals surface area contributed by atoms with E-state index in [-0.39, 0.29) is 28.0 Å². The van der Waals surface area contributed by atoms with Gasteiger partial charge in [-0.2, -0.15) is 0 Å². The fourth-order valence-electron chi connectivity index (χ4n) is 2.40. The highest BCUT2D eigenvalue weighted by molar-refractivity contribution is 7.91. The first-order valence-electron chi connectivity index (χ1n) is 7.76. The lowest BCUT2D eigenvalue weighted by Crippen LogP contribution is -2.36. The number of rotatable bonds is 6. The molecule has 0 bridgehead atoms. The number of hydrogen-bond donors (Lipinski definition) is 2. The van der Waals surface area contributed by atoms with E-state index in [0.29, 0.717) is 12.8 Å². The number of nitrogens with one attached hydrogen (secondary N) is 2. The Kier molecular flexibility index (Phi) is 5.67. The van der Waals surface area contributed by atoms with Crippen molar-refractivity contribution in [3.8, 4) is 0 Å². The van der Waals surface area contributed by atoms with Gasteiger partial charge in [0.2, 0.25) is 10.0 Å². The average molecular weight is 374 g/mol. The van der Waals surface area contributed by atoms with Gasteiger partial charge in [-0.05, 0) is 38.0 Å². The topological polar surface area (TPSA) is 109 Å². The van der Waals surface area contributed by atoms with Crippen molar-refractivity contribution in [3.05, 3.63) is 29.8 Å². The molecular weight excluding hydrogens is 352 g/mol. The number of benzene rings is 1.